The van der Waals surface area contributed by atoms with E-state index in [1.165, 1.54) is 7.11 Å². The summed E-state index contributed by atoms with van der Waals surface area (Å²) in [5, 5.41) is 0. The first-order valence-electron chi connectivity index (χ1n) is 6.09. The third kappa shape index (κ3) is 3.51. The Bertz CT molecular complexity index is 449. The molecule has 1 fully saturated rings. The van der Waals surface area contributed by atoms with Crippen molar-refractivity contribution >= 4 is 11.9 Å². The van der Waals surface area contributed by atoms with E-state index in [9.17, 15) is 9.59 Å². The molecule has 19 heavy (non-hydrogen) atoms. The zero-order chi connectivity index (χ0) is 13.7. The lowest BCUT2D eigenvalue weighted by atomic mass is 10.2. The van der Waals surface area contributed by atoms with Gasteiger partial charge < -0.3 is 14.4 Å². The fraction of sp³-hybridized carbons (Fsp3) is 0.462. The third-order valence-corrected chi connectivity index (χ3v) is 2.93. The number of esters is 1. The number of ether oxygens (including phenoxy) is 2. The fourth-order valence-corrected chi connectivity index (χ4v) is 1.95. The van der Waals surface area contributed by atoms with Crippen LogP contribution in [0.25, 0.3) is 0 Å². The van der Waals surface area contributed by atoms with Crippen LogP contribution in [0.4, 0.5) is 0 Å². The summed E-state index contributed by atoms with van der Waals surface area (Å²) in [6, 6.07) is 5.20. The molecule has 0 spiro atoms. The fourth-order valence-electron chi connectivity index (χ4n) is 1.95. The summed E-state index contributed by atoms with van der Waals surface area (Å²) >= 11 is 0. The van der Waals surface area contributed by atoms with Crippen LogP contribution in [0.3, 0.4) is 0 Å². The minimum absolute atomic E-state index is 0.140. The van der Waals surface area contributed by atoms with Gasteiger partial charge in [0.05, 0.1) is 26.2 Å². The van der Waals surface area contributed by atoms with Crippen LogP contribution < -0.4 is 0 Å². The van der Waals surface area contributed by atoms with E-state index in [2.05, 4.69) is 9.72 Å². The molecule has 0 radical (unpaired) electrons. The first-order valence-corrected chi connectivity index (χ1v) is 6.09. The molecule has 1 saturated heterocycles. The highest BCUT2D eigenvalue weighted by molar-refractivity contribution is 5.92. The van der Waals surface area contributed by atoms with E-state index in [-0.39, 0.29) is 24.4 Å². The number of hydrogen-bond acceptors (Lipinski definition) is 5. The SMILES string of the molecule is COC(=O)CC1CN(C(=O)c2ccccn2)CCO1. The second-order valence-electron chi connectivity index (χ2n) is 4.24. The number of rotatable bonds is 3. The number of aromatic nitrogens is 1. The van der Waals surface area contributed by atoms with Gasteiger partial charge in [-0.3, -0.25) is 14.6 Å². The highest BCUT2D eigenvalue weighted by atomic mass is 16.5. The Morgan fingerprint density at radius 2 is 2.37 bits per heavy atom. The van der Waals surface area contributed by atoms with Gasteiger partial charge in [-0.25, -0.2) is 0 Å². The molecule has 0 N–H and O–H groups in total. The van der Waals surface area contributed by atoms with Crippen molar-refractivity contribution in [2.45, 2.75) is 12.5 Å². The van der Waals surface area contributed by atoms with Crippen molar-refractivity contribution in [3.63, 3.8) is 0 Å². The van der Waals surface area contributed by atoms with Crippen molar-refractivity contribution in [3.05, 3.63) is 30.1 Å². The molecule has 6 nitrogen and oxygen atoms in total. The topological polar surface area (TPSA) is 68.7 Å². The smallest absolute Gasteiger partial charge is 0.308 e. The van der Waals surface area contributed by atoms with E-state index in [4.69, 9.17) is 4.74 Å². The third-order valence-electron chi connectivity index (χ3n) is 2.93. The molecule has 0 bridgehead atoms. The second kappa shape index (κ2) is 6.29. The number of pyridine rings is 1. The lowest BCUT2D eigenvalue weighted by Gasteiger charge is -2.32. The minimum Gasteiger partial charge on any atom is -0.469 e. The van der Waals surface area contributed by atoms with Gasteiger partial charge in [0.25, 0.3) is 5.91 Å². The van der Waals surface area contributed by atoms with E-state index in [1.54, 1.807) is 29.3 Å². The average Bonchev–Trinajstić information content (AvgIpc) is 2.47. The van der Waals surface area contributed by atoms with Crippen LogP contribution in [0.5, 0.6) is 0 Å². The van der Waals surface area contributed by atoms with Gasteiger partial charge in [0, 0.05) is 19.3 Å². The van der Waals surface area contributed by atoms with Crippen molar-refractivity contribution in [2.75, 3.05) is 26.8 Å². The van der Waals surface area contributed by atoms with Crippen LogP contribution >= 0.6 is 0 Å². The van der Waals surface area contributed by atoms with Gasteiger partial charge in [0.15, 0.2) is 0 Å². The molecular weight excluding hydrogens is 248 g/mol. The maximum Gasteiger partial charge on any atom is 0.308 e. The molecular formula is C13H16N2O4. The molecule has 0 aliphatic carbocycles. The molecule has 1 aromatic rings. The van der Waals surface area contributed by atoms with Crippen molar-refractivity contribution < 1.29 is 19.1 Å². The van der Waals surface area contributed by atoms with E-state index >= 15 is 0 Å². The zero-order valence-electron chi connectivity index (χ0n) is 10.7. The van der Waals surface area contributed by atoms with E-state index in [0.29, 0.717) is 25.4 Å². The Morgan fingerprint density at radius 1 is 1.53 bits per heavy atom. The predicted molar refractivity (Wildman–Crippen MR) is 66.5 cm³/mol. The lowest BCUT2D eigenvalue weighted by molar-refractivity contribution is -0.145. The number of hydrogen-bond donors (Lipinski definition) is 0. The Kier molecular flexibility index (Phi) is 4.46. The van der Waals surface area contributed by atoms with Crippen molar-refractivity contribution in [1.29, 1.82) is 0 Å². The summed E-state index contributed by atoms with van der Waals surface area (Å²) in [5.41, 5.74) is 0.404. The largest absolute Gasteiger partial charge is 0.469 e. The van der Waals surface area contributed by atoms with Gasteiger partial charge in [-0.15, -0.1) is 0 Å². The van der Waals surface area contributed by atoms with Crippen LogP contribution in [0.1, 0.15) is 16.9 Å². The second-order valence-corrected chi connectivity index (χ2v) is 4.24. The van der Waals surface area contributed by atoms with Crippen molar-refractivity contribution in [2.24, 2.45) is 0 Å². The summed E-state index contributed by atoms with van der Waals surface area (Å²) in [4.78, 5) is 29.1. The molecule has 6 heteroatoms. The lowest BCUT2D eigenvalue weighted by Crippen LogP contribution is -2.46. The maximum absolute atomic E-state index is 12.2. The van der Waals surface area contributed by atoms with Crippen LogP contribution in [-0.2, 0) is 14.3 Å². The van der Waals surface area contributed by atoms with Crippen LogP contribution in [0.2, 0.25) is 0 Å². The molecule has 2 rings (SSSR count). The number of carbonyl (C=O) groups excluding carboxylic acids is 2. The first-order chi connectivity index (χ1) is 9.20. The van der Waals surface area contributed by atoms with Gasteiger partial charge in [0.1, 0.15) is 5.69 Å². The number of morpholine rings is 1. The number of carbonyl (C=O) groups is 2. The highest BCUT2D eigenvalue weighted by Gasteiger charge is 2.27. The van der Waals surface area contributed by atoms with Gasteiger partial charge in [-0.2, -0.15) is 0 Å². The Labute approximate surface area is 111 Å². The van der Waals surface area contributed by atoms with E-state index in [0.717, 1.165) is 0 Å². The minimum atomic E-state index is -0.336. The standard InChI is InChI=1S/C13H16N2O4/c1-18-12(16)8-10-9-15(6-7-19-10)13(17)11-4-2-3-5-14-11/h2-5,10H,6-9H2,1H3. The molecule has 1 aromatic heterocycles. The molecule has 2 heterocycles. The number of methoxy groups -OCH3 is 1. The molecule has 1 atom stereocenters. The van der Waals surface area contributed by atoms with Crippen LogP contribution in [0, 0.1) is 0 Å². The molecule has 1 aliphatic heterocycles. The summed E-state index contributed by atoms with van der Waals surface area (Å²) in [5.74, 6) is -0.476. The molecule has 1 unspecified atom stereocenters. The molecule has 1 aliphatic rings. The van der Waals surface area contributed by atoms with Gasteiger partial charge in [-0.05, 0) is 12.1 Å². The number of nitrogens with zero attached hydrogens (tertiary/aromatic N) is 2. The molecule has 102 valence electrons. The molecule has 1 amide bonds. The van der Waals surface area contributed by atoms with Gasteiger partial charge in [-0.1, -0.05) is 6.07 Å². The van der Waals surface area contributed by atoms with Gasteiger partial charge in [0.2, 0.25) is 0 Å². The van der Waals surface area contributed by atoms with Crippen molar-refractivity contribution in [3.8, 4) is 0 Å². The normalized spacial score (nSPS) is 19.0. The molecule has 0 saturated carbocycles. The zero-order valence-corrected chi connectivity index (χ0v) is 10.7. The van der Waals surface area contributed by atoms with Crippen LogP contribution in [0.15, 0.2) is 24.4 Å². The average molecular weight is 264 g/mol. The maximum atomic E-state index is 12.2. The van der Waals surface area contributed by atoms with E-state index in [1.807, 2.05) is 0 Å². The number of amides is 1. The summed E-state index contributed by atoms with van der Waals surface area (Å²) < 4.78 is 10.1. The Balaban J connectivity index is 1.97. The van der Waals surface area contributed by atoms with Crippen LogP contribution in [-0.4, -0.2) is 54.7 Å². The highest BCUT2D eigenvalue weighted by Crippen LogP contribution is 2.12. The van der Waals surface area contributed by atoms with Gasteiger partial charge >= 0.3 is 5.97 Å². The molecule has 0 aromatic carbocycles. The van der Waals surface area contributed by atoms with Crippen molar-refractivity contribution in [1.82, 2.24) is 9.88 Å². The monoisotopic (exact) mass is 264 g/mol. The predicted octanol–water partition coefficient (Wildman–Crippen LogP) is 0.486. The summed E-state index contributed by atoms with van der Waals surface area (Å²) in [6.07, 6.45) is 1.43. The Morgan fingerprint density at radius 3 is 3.05 bits per heavy atom. The Hall–Kier alpha value is -1.95. The summed E-state index contributed by atoms with van der Waals surface area (Å²) in [6.45, 7) is 1.30. The quantitative estimate of drug-likeness (QED) is 0.743. The van der Waals surface area contributed by atoms with E-state index < -0.39 is 0 Å². The first kappa shape index (κ1) is 13.5. The summed E-state index contributed by atoms with van der Waals surface area (Å²) in [7, 11) is 1.34.